The van der Waals surface area contributed by atoms with E-state index in [4.69, 9.17) is 113 Å². The summed E-state index contributed by atoms with van der Waals surface area (Å²) in [5.74, 6) is -5.34. The minimum Gasteiger partial charge on any atom is -0.394 e. The standard InChI is InChI=1S/C60H88Cl4N18O30/c61-25-59(111-57-49(93)45(89)39(63)37(17-83)107-57)53(97)43(87)35(109-59)15-81-11-29(67-75-81)21-101-19-27-9-79(73-65-27)13-33-41(85)47(91)51(95)55(105-33)103-23-31-7-77(71-69-31)1-3-99-5-6-100-4-2-78-8-32(70-72-78)24-104-56-52(96)48(92)42(86)34(106-56)14-80-10-28(66-74-80)20-102-22-30-12-82(76-68-30)16-36-44(88)54(98)60(26-62,110-36)112-58-50(94)46(90)40(64)38(18-84)108-58/h7-12,33-58,83-98H,1-6,13-26H2/t33-,34-,35-,36-,37-,38-,39+,40+,41?,42?,43-,44-,45+,46+,47+,48+,49-,50-,51+,52+,53+,54+,55-,56-,57-,58-,59+,60+/m1/s1. The van der Waals surface area contributed by atoms with Crippen LogP contribution in [0.1, 0.15) is 34.2 Å². The lowest BCUT2D eigenvalue weighted by Gasteiger charge is -2.43. The molecule has 0 aromatic carbocycles. The molecule has 6 saturated heterocycles. The van der Waals surface area contributed by atoms with Crippen molar-refractivity contribution in [3.05, 3.63) is 71.3 Å². The predicted octanol–water partition coefficient (Wildman–Crippen LogP) is -10.3. The zero-order valence-corrected chi connectivity index (χ0v) is 62.1. The van der Waals surface area contributed by atoms with Crippen molar-refractivity contribution < 1.29 is 148 Å². The van der Waals surface area contributed by atoms with Gasteiger partial charge in [0.15, 0.2) is 25.2 Å². The molecule has 0 amide bonds. The van der Waals surface area contributed by atoms with Crippen molar-refractivity contribution in [2.24, 2.45) is 0 Å². The number of ether oxygens (including phenoxy) is 14. The molecule has 0 spiro atoms. The second-order valence-electron chi connectivity index (χ2n) is 27.1. The molecule has 0 radical (unpaired) electrons. The van der Waals surface area contributed by atoms with Gasteiger partial charge in [-0.3, -0.25) is 0 Å². The van der Waals surface area contributed by atoms with E-state index in [2.05, 4.69) is 61.9 Å². The third-order valence-corrected chi connectivity index (χ3v) is 20.9. The van der Waals surface area contributed by atoms with E-state index in [1.165, 1.54) is 52.9 Å². The van der Waals surface area contributed by atoms with Crippen molar-refractivity contribution in [2.45, 2.75) is 248 Å². The Hall–Kier alpha value is -5.20. The lowest BCUT2D eigenvalue weighted by molar-refractivity contribution is -0.359. The number of aliphatic hydroxyl groups is 16. The molecule has 6 aliphatic rings. The molecule has 2 unspecified atom stereocenters. The van der Waals surface area contributed by atoms with Gasteiger partial charge in [-0.2, -0.15) is 0 Å². The molecule has 6 aromatic rings. The van der Waals surface area contributed by atoms with Crippen LogP contribution in [0, 0.1) is 0 Å². The van der Waals surface area contributed by atoms with Crippen LogP contribution in [0.15, 0.2) is 37.2 Å². The van der Waals surface area contributed by atoms with Gasteiger partial charge in [0.25, 0.3) is 0 Å². The topological polar surface area (TPSA) is 637 Å². The smallest absolute Gasteiger partial charge is 0.214 e. The first-order valence-corrected chi connectivity index (χ1v) is 37.1. The van der Waals surface area contributed by atoms with Crippen molar-refractivity contribution in [3.63, 3.8) is 0 Å². The van der Waals surface area contributed by atoms with E-state index in [0.29, 0.717) is 47.3 Å². The van der Waals surface area contributed by atoms with Crippen LogP contribution < -0.4 is 0 Å². The Bertz CT molecular complexity index is 3620. The lowest BCUT2D eigenvalue weighted by atomic mass is 9.99. The first-order valence-electron chi connectivity index (χ1n) is 35.2. The Morgan fingerprint density at radius 1 is 0.330 bits per heavy atom. The maximum Gasteiger partial charge on any atom is 0.214 e. The summed E-state index contributed by atoms with van der Waals surface area (Å²) in [4.78, 5) is 0. The Kier molecular flexibility index (Phi) is 29.9. The Labute approximate surface area is 652 Å². The summed E-state index contributed by atoms with van der Waals surface area (Å²) in [7, 11) is 0. The summed E-state index contributed by atoms with van der Waals surface area (Å²) >= 11 is 24.5. The summed E-state index contributed by atoms with van der Waals surface area (Å²) in [6.07, 6.45) is -26.7. The fourth-order valence-corrected chi connectivity index (χ4v) is 13.9. The van der Waals surface area contributed by atoms with E-state index in [1.54, 1.807) is 12.4 Å². The molecule has 16 N–H and O–H groups in total. The predicted molar refractivity (Wildman–Crippen MR) is 359 cm³/mol. The molecule has 52 heteroatoms. The highest BCUT2D eigenvalue weighted by molar-refractivity contribution is 6.22. The summed E-state index contributed by atoms with van der Waals surface area (Å²) in [5.41, 5.74) is 2.14. The van der Waals surface area contributed by atoms with Crippen LogP contribution >= 0.6 is 46.4 Å². The van der Waals surface area contributed by atoms with Crippen LogP contribution in [0.3, 0.4) is 0 Å². The minimum absolute atomic E-state index is 0.0581. The number of alkyl halides is 4. The van der Waals surface area contributed by atoms with Crippen LogP contribution in [0.4, 0.5) is 0 Å². The SMILES string of the molecule is OC[C@H]1O[C@H](O[C@]2(CCl)O[C@H](Cn3cc(COCc4cn(C[C@H]5O[C@@H](OCc6cn(CCOCCOCCn7cc(CO[C@@H]8O[C@H](Cn9cc(COCc%10cn(C[C@H]%11O[C@@](CCl)(O[C@H]%12O[C@H](CO)[C@H](Cl)[C@H](O)[C@H]%12O)[C@@H](O)[C@@H]%11O)nn%10)nn9)C(O)[C@H](O)[C@@H]8O)nn7)nn6)[C@@H](O)[C@@H](O)C5O)nn4)nn3)[C@@H](O)[C@@H]2O)[C@H](O)[C@@H](O)[C@H]1Cl. The largest absolute Gasteiger partial charge is 0.394 e. The zero-order chi connectivity index (χ0) is 79.7. The van der Waals surface area contributed by atoms with Gasteiger partial charge < -0.3 is 148 Å². The monoisotopic (exact) mass is 1680 g/mol. The summed E-state index contributed by atoms with van der Waals surface area (Å²) < 4.78 is 88.8. The first kappa shape index (κ1) is 86.1. The number of hydrogen-bond donors (Lipinski definition) is 16. The average Bonchev–Trinajstić information content (AvgIpc) is 1.63. The van der Waals surface area contributed by atoms with Crippen LogP contribution in [0.25, 0.3) is 0 Å². The van der Waals surface area contributed by atoms with Crippen molar-refractivity contribution in [3.8, 4) is 0 Å². The van der Waals surface area contributed by atoms with Crippen molar-refractivity contribution >= 4 is 46.4 Å². The van der Waals surface area contributed by atoms with Gasteiger partial charge in [-0.1, -0.05) is 31.3 Å². The van der Waals surface area contributed by atoms with Gasteiger partial charge in [-0.15, -0.1) is 77.0 Å². The van der Waals surface area contributed by atoms with Gasteiger partial charge in [-0.05, 0) is 0 Å². The Balaban J connectivity index is 0.497. The third-order valence-electron chi connectivity index (χ3n) is 19.0. The van der Waals surface area contributed by atoms with Gasteiger partial charge in [-0.25, -0.2) is 28.1 Å². The Morgan fingerprint density at radius 3 is 0.955 bits per heavy atom. The highest BCUT2D eigenvalue weighted by Crippen LogP contribution is 2.41. The molecule has 6 fully saturated rings. The molecule has 0 aliphatic carbocycles. The van der Waals surface area contributed by atoms with E-state index in [-0.39, 0.29) is 92.2 Å². The molecule has 12 rings (SSSR count). The highest BCUT2D eigenvalue weighted by Gasteiger charge is 2.61. The molecule has 6 aromatic heterocycles. The number of aliphatic hydroxyl groups excluding tert-OH is 16. The first-order chi connectivity index (χ1) is 53.8. The van der Waals surface area contributed by atoms with Gasteiger partial charge in [0.2, 0.25) is 11.6 Å². The van der Waals surface area contributed by atoms with Crippen molar-refractivity contribution in [2.75, 3.05) is 51.4 Å². The van der Waals surface area contributed by atoms with Crippen molar-refractivity contribution in [1.82, 2.24) is 90.0 Å². The summed E-state index contributed by atoms with van der Waals surface area (Å²) in [6, 6.07) is 0. The van der Waals surface area contributed by atoms with E-state index in [9.17, 15) is 81.7 Å². The maximum atomic E-state index is 11.0. The number of halogens is 4. The molecule has 0 bridgehead atoms. The molecule has 112 heavy (non-hydrogen) atoms. The highest BCUT2D eigenvalue weighted by atomic mass is 35.5. The fourth-order valence-electron chi connectivity index (χ4n) is 12.8. The molecular formula is C60H88Cl4N18O30. The molecule has 48 nitrogen and oxygen atoms in total. The van der Waals surface area contributed by atoms with Crippen LogP contribution in [0.5, 0.6) is 0 Å². The van der Waals surface area contributed by atoms with Crippen LogP contribution in [-0.4, -0.2) is 393 Å². The third kappa shape index (κ3) is 20.3. The minimum atomic E-state index is -2.12. The number of nitrogens with zero attached hydrogens (tertiary/aromatic N) is 18. The summed E-state index contributed by atoms with van der Waals surface area (Å²) in [6.45, 7) is -0.886. The fraction of sp³-hybridized carbons (Fsp3) is 0.800. The van der Waals surface area contributed by atoms with Gasteiger partial charge in [0.05, 0.1) is 178 Å². The second kappa shape index (κ2) is 38.9. The number of aromatic nitrogens is 18. The average molecular weight is 1680 g/mol. The normalized spacial score (nSPS) is 36.5. The van der Waals surface area contributed by atoms with Gasteiger partial charge in [0, 0.05) is 0 Å². The van der Waals surface area contributed by atoms with E-state index in [1.807, 2.05) is 0 Å². The van der Waals surface area contributed by atoms with Crippen LogP contribution in [-0.2, 0) is 145 Å². The van der Waals surface area contributed by atoms with Crippen LogP contribution in [0.2, 0.25) is 0 Å². The lowest BCUT2D eigenvalue weighted by Crippen LogP contribution is -2.61. The molecule has 6 aliphatic heterocycles. The van der Waals surface area contributed by atoms with Gasteiger partial charge >= 0.3 is 0 Å². The molecule has 28 atom stereocenters. The van der Waals surface area contributed by atoms with E-state index < -0.39 is 195 Å². The summed E-state index contributed by atoms with van der Waals surface area (Å²) in [5, 5.41) is 216. The Morgan fingerprint density at radius 2 is 0.625 bits per heavy atom. The van der Waals surface area contributed by atoms with Gasteiger partial charge in [0.1, 0.15) is 156 Å². The quantitative estimate of drug-likeness (QED) is 0.0126. The maximum absolute atomic E-state index is 11.0. The molecule has 12 heterocycles. The second-order valence-corrected chi connectivity index (χ2v) is 28.7. The number of rotatable bonds is 39. The number of hydrogen-bond acceptors (Lipinski definition) is 42. The molecule has 0 saturated carbocycles. The zero-order valence-electron chi connectivity index (χ0n) is 59.0. The van der Waals surface area contributed by atoms with E-state index in [0.717, 1.165) is 0 Å². The molecular weight excluding hydrogens is 1590 g/mol. The van der Waals surface area contributed by atoms with E-state index >= 15 is 0 Å². The molecule has 626 valence electrons. The van der Waals surface area contributed by atoms with Crippen molar-refractivity contribution in [1.29, 1.82) is 0 Å².